The number of hydrogen-bond acceptors (Lipinski definition) is 4. The first-order valence-electron chi connectivity index (χ1n) is 4.54. The number of thioether (sulfide) groups is 1. The Morgan fingerprint density at radius 2 is 2.33 bits per heavy atom. The number of aryl methyl sites for hydroxylation is 1. The molecule has 2 aromatic rings. The van der Waals surface area contributed by atoms with Gasteiger partial charge in [0.05, 0.1) is 5.69 Å². The largest absolute Gasteiger partial charge is 0.438 e. The fourth-order valence-corrected chi connectivity index (χ4v) is 2.21. The van der Waals surface area contributed by atoms with Gasteiger partial charge in [-0.25, -0.2) is 4.98 Å². The second-order valence-corrected chi connectivity index (χ2v) is 5.09. The van der Waals surface area contributed by atoms with Crippen LogP contribution in [0, 0.1) is 0 Å². The lowest BCUT2D eigenvalue weighted by Gasteiger charge is -1.94. The van der Waals surface area contributed by atoms with E-state index in [0.717, 1.165) is 28.1 Å². The molecule has 2 rings (SSSR count). The van der Waals surface area contributed by atoms with Crippen LogP contribution in [-0.2, 0) is 6.42 Å². The number of hydrogen-bond donors (Lipinski definition) is 1. The molecule has 0 aliphatic heterocycles. The quantitative estimate of drug-likeness (QED) is 0.881. The average molecular weight is 287 g/mol. The fourth-order valence-electron chi connectivity index (χ4n) is 1.37. The van der Waals surface area contributed by atoms with Crippen molar-refractivity contribution in [2.75, 3.05) is 17.7 Å². The molecule has 0 saturated carbocycles. The van der Waals surface area contributed by atoms with Crippen LogP contribution in [0.4, 0.5) is 5.69 Å². The molecular weight excluding hydrogens is 276 g/mol. The molecule has 0 saturated heterocycles. The number of benzene rings is 1. The zero-order valence-corrected chi connectivity index (χ0v) is 10.7. The Morgan fingerprint density at radius 3 is 3.07 bits per heavy atom. The highest BCUT2D eigenvalue weighted by atomic mass is 79.9. The summed E-state index contributed by atoms with van der Waals surface area (Å²) in [5.74, 6) is 1.76. The summed E-state index contributed by atoms with van der Waals surface area (Å²) in [4.78, 5) is 4.38. The maximum absolute atomic E-state index is 5.83. The van der Waals surface area contributed by atoms with Crippen LogP contribution >= 0.6 is 27.7 Å². The number of anilines is 1. The molecule has 5 heteroatoms. The maximum atomic E-state index is 5.83. The Morgan fingerprint density at radius 1 is 1.53 bits per heavy atom. The van der Waals surface area contributed by atoms with Crippen LogP contribution in [0.25, 0.3) is 11.1 Å². The number of rotatable bonds is 3. The van der Waals surface area contributed by atoms with Crippen molar-refractivity contribution in [3.63, 3.8) is 0 Å². The van der Waals surface area contributed by atoms with Gasteiger partial charge in [0, 0.05) is 16.6 Å². The number of nitrogens with zero attached hydrogens (tertiary/aromatic N) is 1. The second-order valence-electron chi connectivity index (χ2n) is 3.19. The van der Waals surface area contributed by atoms with Crippen molar-refractivity contribution in [2.45, 2.75) is 6.42 Å². The Kier molecular flexibility index (Phi) is 3.21. The molecule has 0 unspecified atom stereocenters. The molecule has 15 heavy (non-hydrogen) atoms. The van der Waals surface area contributed by atoms with E-state index in [4.69, 9.17) is 10.2 Å². The minimum absolute atomic E-state index is 0.627. The van der Waals surface area contributed by atoms with Crippen molar-refractivity contribution in [3.05, 3.63) is 22.5 Å². The van der Waals surface area contributed by atoms with Crippen LogP contribution in [0.3, 0.4) is 0 Å². The lowest BCUT2D eigenvalue weighted by molar-refractivity contribution is 0.540. The van der Waals surface area contributed by atoms with Gasteiger partial charge < -0.3 is 10.2 Å². The van der Waals surface area contributed by atoms with Crippen LogP contribution in [-0.4, -0.2) is 17.0 Å². The summed E-state index contributed by atoms with van der Waals surface area (Å²) in [5, 5.41) is 0. The van der Waals surface area contributed by atoms with Gasteiger partial charge in [-0.1, -0.05) is 15.9 Å². The van der Waals surface area contributed by atoms with Gasteiger partial charge in [-0.05, 0) is 18.4 Å². The summed E-state index contributed by atoms with van der Waals surface area (Å²) in [5.41, 5.74) is 7.96. The lowest BCUT2D eigenvalue weighted by atomic mass is 10.3. The highest BCUT2D eigenvalue weighted by molar-refractivity contribution is 9.10. The molecule has 1 aromatic heterocycles. The fraction of sp³-hybridized carbons (Fsp3) is 0.300. The molecule has 0 bridgehead atoms. The molecule has 0 aliphatic rings. The van der Waals surface area contributed by atoms with Crippen molar-refractivity contribution in [3.8, 4) is 0 Å². The predicted octanol–water partition coefficient (Wildman–Crippen LogP) is 3.08. The Bertz CT molecular complexity index is 483. The van der Waals surface area contributed by atoms with E-state index in [1.165, 1.54) is 0 Å². The van der Waals surface area contributed by atoms with Crippen LogP contribution in [0.2, 0.25) is 0 Å². The van der Waals surface area contributed by atoms with E-state index in [0.29, 0.717) is 11.3 Å². The van der Waals surface area contributed by atoms with Gasteiger partial charge in [0.15, 0.2) is 11.5 Å². The van der Waals surface area contributed by atoms with Gasteiger partial charge in [-0.3, -0.25) is 0 Å². The second kappa shape index (κ2) is 4.45. The highest BCUT2D eigenvalue weighted by Crippen LogP contribution is 2.27. The molecular formula is C10H11BrN2OS. The minimum Gasteiger partial charge on any atom is -0.438 e. The van der Waals surface area contributed by atoms with Gasteiger partial charge in [0.1, 0.15) is 5.52 Å². The summed E-state index contributed by atoms with van der Waals surface area (Å²) >= 11 is 5.15. The number of aromatic nitrogens is 1. The van der Waals surface area contributed by atoms with Crippen LogP contribution in [0.5, 0.6) is 0 Å². The van der Waals surface area contributed by atoms with Crippen molar-refractivity contribution in [1.82, 2.24) is 4.98 Å². The zero-order valence-electron chi connectivity index (χ0n) is 8.29. The molecule has 0 spiro atoms. The average Bonchev–Trinajstić information content (AvgIpc) is 2.57. The molecule has 2 N–H and O–H groups in total. The summed E-state index contributed by atoms with van der Waals surface area (Å²) in [6, 6.07) is 3.74. The Hall–Kier alpha value is -0.680. The molecule has 80 valence electrons. The molecule has 0 radical (unpaired) electrons. The maximum Gasteiger partial charge on any atom is 0.196 e. The minimum atomic E-state index is 0.627. The highest BCUT2D eigenvalue weighted by Gasteiger charge is 2.09. The SMILES string of the molecule is CSCCc1nc2cc(Br)cc(N)c2o1. The summed E-state index contributed by atoms with van der Waals surface area (Å²) in [6.45, 7) is 0. The Balaban J connectivity index is 2.41. The van der Waals surface area contributed by atoms with E-state index in [-0.39, 0.29) is 0 Å². The number of nitrogen functional groups attached to an aromatic ring is 1. The third-order valence-electron chi connectivity index (χ3n) is 2.05. The topological polar surface area (TPSA) is 52.0 Å². The van der Waals surface area contributed by atoms with E-state index in [1.807, 2.05) is 12.1 Å². The number of oxazole rings is 1. The van der Waals surface area contributed by atoms with Crippen LogP contribution < -0.4 is 5.73 Å². The van der Waals surface area contributed by atoms with Crippen molar-refractivity contribution < 1.29 is 4.42 Å². The van der Waals surface area contributed by atoms with E-state index < -0.39 is 0 Å². The Labute approximate surface area is 101 Å². The molecule has 0 aliphatic carbocycles. The zero-order chi connectivity index (χ0) is 10.8. The molecule has 3 nitrogen and oxygen atoms in total. The normalized spacial score (nSPS) is 11.1. The van der Waals surface area contributed by atoms with Gasteiger partial charge in [0.2, 0.25) is 0 Å². The first kappa shape index (κ1) is 10.8. The standard InChI is InChI=1S/C10H11BrN2OS/c1-15-3-2-9-13-8-5-6(11)4-7(12)10(8)14-9/h4-5H,2-3,12H2,1H3. The molecule has 0 amide bonds. The smallest absolute Gasteiger partial charge is 0.196 e. The lowest BCUT2D eigenvalue weighted by Crippen LogP contribution is -1.86. The van der Waals surface area contributed by atoms with Gasteiger partial charge in [0.25, 0.3) is 0 Å². The third-order valence-corrected chi connectivity index (χ3v) is 3.12. The van der Waals surface area contributed by atoms with Gasteiger partial charge in [-0.2, -0.15) is 11.8 Å². The predicted molar refractivity (Wildman–Crippen MR) is 68.2 cm³/mol. The molecule has 0 atom stereocenters. The van der Waals surface area contributed by atoms with Crippen molar-refractivity contribution >= 4 is 44.5 Å². The van der Waals surface area contributed by atoms with Crippen LogP contribution in [0.1, 0.15) is 5.89 Å². The van der Waals surface area contributed by atoms with Crippen molar-refractivity contribution in [1.29, 1.82) is 0 Å². The molecule has 1 heterocycles. The first-order chi connectivity index (χ1) is 7.20. The van der Waals surface area contributed by atoms with Gasteiger partial charge in [-0.15, -0.1) is 0 Å². The van der Waals surface area contributed by atoms with E-state index in [9.17, 15) is 0 Å². The van der Waals surface area contributed by atoms with E-state index in [1.54, 1.807) is 11.8 Å². The van der Waals surface area contributed by atoms with E-state index >= 15 is 0 Å². The number of nitrogens with two attached hydrogens (primary N) is 1. The van der Waals surface area contributed by atoms with Crippen LogP contribution in [0.15, 0.2) is 21.0 Å². The number of fused-ring (bicyclic) bond motifs is 1. The van der Waals surface area contributed by atoms with Gasteiger partial charge >= 0.3 is 0 Å². The van der Waals surface area contributed by atoms with Crippen molar-refractivity contribution in [2.24, 2.45) is 0 Å². The number of halogens is 1. The van der Waals surface area contributed by atoms with E-state index in [2.05, 4.69) is 27.2 Å². The summed E-state index contributed by atoms with van der Waals surface area (Å²) < 4.78 is 6.51. The third kappa shape index (κ3) is 2.29. The monoisotopic (exact) mass is 286 g/mol. The summed E-state index contributed by atoms with van der Waals surface area (Å²) in [6.07, 6.45) is 2.90. The summed E-state index contributed by atoms with van der Waals surface area (Å²) in [7, 11) is 0. The molecule has 0 fully saturated rings. The first-order valence-corrected chi connectivity index (χ1v) is 6.73. The molecule has 1 aromatic carbocycles.